The largest absolute Gasteiger partial charge is 0.482 e. The Morgan fingerprint density at radius 1 is 1.24 bits per heavy atom. The number of hydrogen-bond donors (Lipinski definition) is 1. The van der Waals surface area contributed by atoms with Crippen molar-refractivity contribution in [1.29, 1.82) is 0 Å². The van der Waals surface area contributed by atoms with E-state index in [1.807, 2.05) is 0 Å². The molecule has 0 aliphatic carbocycles. The summed E-state index contributed by atoms with van der Waals surface area (Å²) < 4.78 is 18.7. The topological polar surface area (TPSA) is 78.4 Å². The first-order valence-electron chi connectivity index (χ1n) is 6.05. The number of nitrogens with zero attached hydrogens (tertiary/aromatic N) is 1. The molecule has 0 fully saturated rings. The van der Waals surface area contributed by atoms with Gasteiger partial charge in [0.1, 0.15) is 12.4 Å². The lowest BCUT2D eigenvalue weighted by Crippen LogP contribution is -2.02. The second-order valence-corrected chi connectivity index (χ2v) is 4.71. The van der Waals surface area contributed by atoms with Gasteiger partial charge < -0.3 is 10.5 Å². The fourth-order valence-electron chi connectivity index (χ4n) is 1.74. The number of benzene rings is 2. The summed E-state index contributed by atoms with van der Waals surface area (Å²) >= 11 is 5.59. The van der Waals surface area contributed by atoms with Gasteiger partial charge in [-0.2, -0.15) is 0 Å². The van der Waals surface area contributed by atoms with E-state index in [4.69, 9.17) is 22.1 Å². The van der Waals surface area contributed by atoms with Gasteiger partial charge >= 0.3 is 5.69 Å². The first-order valence-corrected chi connectivity index (χ1v) is 6.43. The van der Waals surface area contributed by atoms with E-state index in [0.717, 1.165) is 0 Å². The lowest BCUT2D eigenvalue weighted by Gasteiger charge is -2.08. The first-order chi connectivity index (χ1) is 10.0. The van der Waals surface area contributed by atoms with Crippen LogP contribution in [0.5, 0.6) is 5.75 Å². The SMILES string of the molecule is NCc1ccc([N+](=O)[O-])c(OCc2ccc(Cl)c(F)c2)c1. The van der Waals surface area contributed by atoms with E-state index >= 15 is 0 Å². The Bertz CT molecular complexity index is 679. The highest BCUT2D eigenvalue weighted by molar-refractivity contribution is 6.30. The lowest BCUT2D eigenvalue weighted by atomic mass is 10.2. The van der Waals surface area contributed by atoms with Gasteiger partial charge in [-0.25, -0.2) is 4.39 Å². The second kappa shape index (κ2) is 6.51. The third kappa shape index (κ3) is 3.68. The van der Waals surface area contributed by atoms with Crippen LogP contribution < -0.4 is 10.5 Å². The molecule has 0 amide bonds. The number of nitro benzene ring substituents is 1. The molecule has 0 saturated heterocycles. The molecule has 0 radical (unpaired) electrons. The highest BCUT2D eigenvalue weighted by atomic mass is 35.5. The molecule has 2 rings (SSSR count). The standard InChI is InChI=1S/C14H12ClFN2O3/c15-11-3-1-10(5-12(11)16)8-21-14-6-9(7-17)2-4-13(14)18(19)20/h1-6H,7-8,17H2. The number of rotatable bonds is 5. The monoisotopic (exact) mass is 310 g/mol. The highest BCUT2D eigenvalue weighted by Crippen LogP contribution is 2.29. The molecule has 110 valence electrons. The van der Waals surface area contributed by atoms with Crippen molar-refractivity contribution in [2.75, 3.05) is 0 Å². The molecule has 0 unspecified atom stereocenters. The van der Waals surface area contributed by atoms with Gasteiger partial charge in [0.25, 0.3) is 0 Å². The summed E-state index contributed by atoms with van der Waals surface area (Å²) in [5, 5.41) is 11.0. The smallest absolute Gasteiger partial charge is 0.310 e. The predicted molar refractivity (Wildman–Crippen MR) is 76.7 cm³/mol. The zero-order valence-electron chi connectivity index (χ0n) is 10.9. The first kappa shape index (κ1) is 15.2. The Kier molecular flexibility index (Phi) is 4.72. The van der Waals surface area contributed by atoms with Crippen molar-refractivity contribution in [3.05, 3.63) is 68.5 Å². The van der Waals surface area contributed by atoms with Crippen LogP contribution in [0.15, 0.2) is 36.4 Å². The summed E-state index contributed by atoms with van der Waals surface area (Å²) in [6.07, 6.45) is 0. The molecule has 2 N–H and O–H groups in total. The van der Waals surface area contributed by atoms with Gasteiger partial charge in [-0.3, -0.25) is 10.1 Å². The normalized spacial score (nSPS) is 10.4. The van der Waals surface area contributed by atoms with Crippen molar-refractivity contribution in [3.8, 4) is 5.75 Å². The van der Waals surface area contributed by atoms with E-state index < -0.39 is 10.7 Å². The molecule has 0 aliphatic heterocycles. The molecular formula is C14H12ClFN2O3. The molecule has 0 heterocycles. The number of halogens is 2. The predicted octanol–water partition coefficient (Wildman–Crippen LogP) is 3.43. The van der Waals surface area contributed by atoms with Crippen molar-refractivity contribution in [2.24, 2.45) is 5.73 Å². The van der Waals surface area contributed by atoms with E-state index in [1.54, 1.807) is 12.1 Å². The van der Waals surface area contributed by atoms with E-state index in [9.17, 15) is 14.5 Å². The molecule has 0 spiro atoms. The van der Waals surface area contributed by atoms with Crippen LogP contribution in [-0.2, 0) is 13.2 Å². The summed E-state index contributed by atoms with van der Waals surface area (Å²) in [5.41, 5.74) is 6.56. The summed E-state index contributed by atoms with van der Waals surface area (Å²) in [6, 6.07) is 8.61. The van der Waals surface area contributed by atoms with Crippen LogP contribution >= 0.6 is 11.6 Å². The summed E-state index contributed by atoms with van der Waals surface area (Å²) in [7, 11) is 0. The molecule has 0 aliphatic rings. The van der Waals surface area contributed by atoms with E-state index in [0.29, 0.717) is 11.1 Å². The van der Waals surface area contributed by atoms with E-state index in [1.165, 1.54) is 24.3 Å². The van der Waals surface area contributed by atoms with Crippen molar-refractivity contribution in [3.63, 3.8) is 0 Å². The average molecular weight is 311 g/mol. The minimum Gasteiger partial charge on any atom is -0.482 e. The summed E-state index contributed by atoms with van der Waals surface area (Å²) in [5.74, 6) is -0.471. The maximum atomic E-state index is 13.3. The minimum atomic E-state index is -0.567. The molecule has 5 nitrogen and oxygen atoms in total. The lowest BCUT2D eigenvalue weighted by molar-refractivity contribution is -0.386. The van der Waals surface area contributed by atoms with Gasteiger partial charge in [0, 0.05) is 12.6 Å². The molecule has 2 aromatic rings. The maximum Gasteiger partial charge on any atom is 0.310 e. The second-order valence-electron chi connectivity index (χ2n) is 4.30. The van der Waals surface area contributed by atoms with Gasteiger partial charge in [0.15, 0.2) is 5.75 Å². The third-order valence-electron chi connectivity index (χ3n) is 2.83. The Labute approximate surface area is 125 Å². The van der Waals surface area contributed by atoms with Crippen molar-refractivity contribution < 1.29 is 14.1 Å². The number of hydrogen-bond acceptors (Lipinski definition) is 4. The zero-order chi connectivity index (χ0) is 15.4. The van der Waals surface area contributed by atoms with Crippen LogP contribution in [0.25, 0.3) is 0 Å². The quantitative estimate of drug-likeness (QED) is 0.678. The Hall–Kier alpha value is -2.18. The van der Waals surface area contributed by atoms with Gasteiger partial charge in [-0.15, -0.1) is 0 Å². The average Bonchev–Trinajstić information content (AvgIpc) is 2.48. The Morgan fingerprint density at radius 3 is 2.57 bits per heavy atom. The van der Waals surface area contributed by atoms with Crippen LogP contribution in [0.1, 0.15) is 11.1 Å². The third-order valence-corrected chi connectivity index (χ3v) is 3.14. The summed E-state index contributed by atoms with van der Waals surface area (Å²) in [4.78, 5) is 10.4. The van der Waals surface area contributed by atoms with Gasteiger partial charge in [0.05, 0.1) is 9.95 Å². The van der Waals surface area contributed by atoms with Crippen molar-refractivity contribution >= 4 is 17.3 Å². The molecule has 7 heteroatoms. The van der Waals surface area contributed by atoms with Crippen molar-refractivity contribution in [1.82, 2.24) is 0 Å². The van der Waals surface area contributed by atoms with E-state index in [-0.39, 0.29) is 29.6 Å². The van der Waals surface area contributed by atoms with Crippen LogP contribution in [0.3, 0.4) is 0 Å². The minimum absolute atomic E-state index is 0.00913. The van der Waals surface area contributed by atoms with Gasteiger partial charge in [-0.05, 0) is 29.3 Å². The summed E-state index contributed by atoms with van der Waals surface area (Å²) in [6.45, 7) is 0.229. The van der Waals surface area contributed by atoms with E-state index in [2.05, 4.69) is 0 Å². The molecule has 0 atom stereocenters. The number of nitro groups is 1. The highest BCUT2D eigenvalue weighted by Gasteiger charge is 2.15. The molecular weight excluding hydrogens is 299 g/mol. The molecule has 21 heavy (non-hydrogen) atoms. The number of ether oxygens (including phenoxy) is 1. The van der Waals surface area contributed by atoms with Crippen LogP contribution in [-0.4, -0.2) is 4.92 Å². The number of nitrogens with two attached hydrogens (primary N) is 1. The van der Waals surface area contributed by atoms with Crippen LogP contribution in [0, 0.1) is 15.9 Å². The Morgan fingerprint density at radius 2 is 1.95 bits per heavy atom. The molecule has 0 bridgehead atoms. The van der Waals surface area contributed by atoms with Gasteiger partial charge in [-0.1, -0.05) is 23.7 Å². The fraction of sp³-hybridized carbons (Fsp3) is 0.143. The van der Waals surface area contributed by atoms with Crippen LogP contribution in [0.4, 0.5) is 10.1 Å². The zero-order valence-corrected chi connectivity index (χ0v) is 11.6. The van der Waals surface area contributed by atoms with Gasteiger partial charge in [0.2, 0.25) is 0 Å². The van der Waals surface area contributed by atoms with Crippen molar-refractivity contribution in [2.45, 2.75) is 13.2 Å². The Balaban J connectivity index is 2.21. The maximum absolute atomic E-state index is 13.3. The fourth-order valence-corrected chi connectivity index (χ4v) is 1.86. The van der Waals surface area contributed by atoms with Crippen LogP contribution in [0.2, 0.25) is 5.02 Å². The molecule has 0 saturated carbocycles. The molecule has 2 aromatic carbocycles. The molecule has 0 aromatic heterocycles.